The maximum absolute atomic E-state index is 14.4. The number of rotatable bonds is 7. The highest BCUT2D eigenvalue weighted by atomic mass is 19.1. The van der Waals surface area contributed by atoms with Gasteiger partial charge in [0.15, 0.2) is 5.82 Å². The zero-order valence-corrected chi connectivity index (χ0v) is 17.5. The molecule has 0 radical (unpaired) electrons. The third-order valence-corrected chi connectivity index (χ3v) is 5.38. The molecule has 0 bridgehead atoms. The highest BCUT2D eigenvalue weighted by Crippen LogP contribution is 2.32. The van der Waals surface area contributed by atoms with Gasteiger partial charge in [0.2, 0.25) is 5.89 Å². The van der Waals surface area contributed by atoms with Crippen LogP contribution in [0.2, 0.25) is 0 Å². The Kier molecular flexibility index (Phi) is 6.21. The number of hydrogen-bond acceptors (Lipinski definition) is 7. The van der Waals surface area contributed by atoms with Crippen LogP contribution >= 0.6 is 0 Å². The lowest BCUT2D eigenvalue weighted by Gasteiger charge is -2.35. The second kappa shape index (κ2) is 9.03. The highest BCUT2D eigenvalue weighted by Gasteiger charge is 2.31. The molecule has 8 nitrogen and oxygen atoms in total. The molecule has 0 N–H and O–H groups in total. The molecule has 0 aliphatic carbocycles. The van der Waals surface area contributed by atoms with E-state index in [9.17, 15) is 4.39 Å². The number of benzene rings is 1. The van der Waals surface area contributed by atoms with Gasteiger partial charge in [-0.05, 0) is 26.0 Å². The molecule has 0 spiro atoms. The molecule has 1 aliphatic heterocycles. The van der Waals surface area contributed by atoms with Crippen LogP contribution in [0.25, 0.3) is 5.69 Å². The Bertz CT molecular complexity index is 1000. The third kappa shape index (κ3) is 4.14. The van der Waals surface area contributed by atoms with Crippen LogP contribution in [-0.2, 0) is 22.4 Å². The summed E-state index contributed by atoms with van der Waals surface area (Å²) in [5.74, 6) is 0.892. The van der Waals surface area contributed by atoms with Crippen LogP contribution in [0.5, 0.6) is 0 Å². The van der Waals surface area contributed by atoms with Gasteiger partial charge in [0.05, 0.1) is 44.5 Å². The lowest BCUT2D eigenvalue weighted by atomic mass is 10.0. The zero-order chi connectivity index (χ0) is 21.1. The minimum atomic E-state index is -0.304. The van der Waals surface area contributed by atoms with E-state index in [-0.39, 0.29) is 11.9 Å². The van der Waals surface area contributed by atoms with E-state index < -0.39 is 0 Å². The van der Waals surface area contributed by atoms with E-state index in [1.165, 1.54) is 6.07 Å². The Hall–Kier alpha value is -2.62. The monoisotopic (exact) mass is 415 g/mol. The summed E-state index contributed by atoms with van der Waals surface area (Å²) in [6, 6.07) is 6.63. The second-order valence-corrected chi connectivity index (χ2v) is 7.36. The van der Waals surface area contributed by atoms with Crippen molar-refractivity contribution >= 4 is 0 Å². The van der Waals surface area contributed by atoms with Crippen LogP contribution in [0.4, 0.5) is 4.39 Å². The van der Waals surface area contributed by atoms with Crippen molar-refractivity contribution in [3.63, 3.8) is 0 Å². The summed E-state index contributed by atoms with van der Waals surface area (Å²) < 4.78 is 32.2. The molecule has 1 atom stereocenters. The molecule has 0 amide bonds. The first kappa shape index (κ1) is 20.6. The minimum Gasteiger partial charge on any atom is -0.384 e. The fraction of sp³-hybridized carbons (Fsp3) is 0.476. The van der Waals surface area contributed by atoms with Gasteiger partial charge in [-0.2, -0.15) is 10.1 Å². The van der Waals surface area contributed by atoms with Crippen molar-refractivity contribution in [2.24, 2.45) is 0 Å². The number of aryl methyl sites for hydroxylation is 1. The molecular formula is C21H26FN5O3. The first-order valence-electron chi connectivity index (χ1n) is 10.0. The Balaban J connectivity index is 1.60. The average molecular weight is 415 g/mol. The van der Waals surface area contributed by atoms with Crippen molar-refractivity contribution in [2.45, 2.75) is 32.9 Å². The Morgan fingerprint density at radius 3 is 2.90 bits per heavy atom. The minimum absolute atomic E-state index is 0.0276. The molecule has 1 saturated heterocycles. The maximum atomic E-state index is 14.4. The lowest BCUT2D eigenvalue weighted by molar-refractivity contribution is -0.0145. The summed E-state index contributed by atoms with van der Waals surface area (Å²) in [4.78, 5) is 6.73. The van der Waals surface area contributed by atoms with Gasteiger partial charge >= 0.3 is 0 Å². The standard InChI is InChI=1S/C21H26FN5O3/c1-14-21(15(2)27(24-14)17-7-5-4-6-16(17)22)18-13-29-11-9-26(18)12-19-23-20(30-25-19)8-10-28-3/h4-7,18H,8-13H2,1-3H3. The van der Waals surface area contributed by atoms with Gasteiger partial charge in [0.25, 0.3) is 0 Å². The molecule has 1 aromatic carbocycles. The number of morpholine rings is 1. The SMILES string of the molecule is COCCc1nc(CN2CCOCC2c2c(C)nn(-c3ccccc3F)c2C)no1. The molecule has 1 fully saturated rings. The van der Waals surface area contributed by atoms with Gasteiger partial charge < -0.3 is 14.0 Å². The number of methoxy groups -OCH3 is 1. The third-order valence-electron chi connectivity index (χ3n) is 5.38. The summed E-state index contributed by atoms with van der Waals surface area (Å²) in [5, 5.41) is 8.73. The predicted molar refractivity (Wildman–Crippen MR) is 107 cm³/mol. The molecule has 30 heavy (non-hydrogen) atoms. The maximum Gasteiger partial charge on any atom is 0.229 e. The summed E-state index contributed by atoms with van der Waals surface area (Å²) in [5.41, 5.74) is 3.23. The Morgan fingerprint density at radius 2 is 2.10 bits per heavy atom. The summed E-state index contributed by atoms with van der Waals surface area (Å²) in [6.07, 6.45) is 0.587. The van der Waals surface area contributed by atoms with Gasteiger partial charge in [0.1, 0.15) is 11.5 Å². The van der Waals surface area contributed by atoms with E-state index in [2.05, 4.69) is 20.1 Å². The first-order valence-corrected chi connectivity index (χ1v) is 10.0. The van der Waals surface area contributed by atoms with Crippen molar-refractivity contribution in [1.82, 2.24) is 24.8 Å². The van der Waals surface area contributed by atoms with E-state index in [4.69, 9.17) is 14.0 Å². The van der Waals surface area contributed by atoms with Crippen LogP contribution in [0.15, 0.2) is 28.8 Å². The van der Waals surface area contributed by atoms with Gasteiger partial charge in [0, 0.05) is 24.9 Å². The van der Waals surface area contributed by atoms with Gasteiger partial charge in [-0.15, -0.1) is 0 Å². The molecule has 3 heterocycles. The molecule has 2 aromatic heterocycles. The van der Waals surface area contributed by atoms with E-state index in [1.54, 1.807) is 23.9 Å². The lowest BCUT2D eigenvalue weighted by Crippen LogP contribution is -2.39. The van der Waals surface area contributed by atoms with Crippen molar-refractivity contribution in [3.05, 3.63) is 58.7 Å². The van der Waals surface area contributed by atoms with E-state index in [1.807, 2.05) is 19.9 Å². The number of ether oxygens (including phenoxy) is 2. The number of aromatic nitrogens is 4. The van der Waals surface area contributed by atoms with Gasteiger partial charge in [-0.3, -0.25) is 4.90 Å². The quantitative estimate of drug-likeness (QED) is 0.587. The Morgan fingerprint density at radius 1 is 1.27 bits per heavy atom. The van der Waals surface area contributed by atoms with Crippen LogP contribution in [0.3, 0.4) is 0 Å². The summed E-state index contributed by atoms with van der Waals surface area (Å²) >= 11 is 0. The van der Waals surface area contributed by atoms with Crippen LogP contribution < -0.4 is 0 Å². The van der Waals surface area contributed by atoms with E-state index >= 15 is 0 Å². The van der Waals surface area contributed by atoms with Crippen LogP contribution in [0.1, 0.15) is 34.7 Å². The number of hydrogen-bond donors (Lipinski definition) is 0. The van der Waals surface area contributed by atoms with Crippen molar-refractivity contribution in [3.8, 4) is 5.69 Å². The second-order valence-electron chi connectivity index (χ2n) is 7.36. The number of nitrogens with zero attached hydrogens (tertiary/aromatic N) is 5. The first-order chi connectivity index (χ1) is 14.6. The fourth-order valence-corrected chi connectivity index (χ4v) is 3.92. The van der Waals surface area contributed by atoms with Crippen LogP contribution in [0, 0.1) is 19.7 Å². The zero-order valence-electron chi connectivity index (χ0n) is 17.5. The molecule has 1 unspecified atom stereocenters. The molecule has 0 saturated carbocycles. The summed E-state index contributed by atoms with van der Waals surface area (Å²) in [7, 11) is 1.64. The summed E-state index contributed by atoms with van der Waals surface area (Å²) in [6.45, 7) is 6.87. The Labute approximate surface area is 174 Å². The van der Waals surface area contributed by atoms with E-state index in [0.29, 0.717) is 50.2 Å². The molecule has 4 rings (SSSR count). The number of halogens is 1. The molecular weight excluding hydrogens is 389 g/mol. The fourth-order valence-electron chi connectivity index (χ4n) is 3.92. The predicted octanol–water partition coefficient (Wildman–Crippen LogP) is 2.77. The molecule has 160 valence electrons. The highest BCUT2D eigenvalue weighted by molar-refractivity contribution is 5.39. The largest absolute Gasteiger partial charge is 0.384 e. The molecule has 9 heteroatoms. The average Bonchev–Trinajstić information content (AvgIpc) is 3.31. The van der Waals surface area contributed by atoms with Gasteiger partial charge in [-0.1, -0.05) is 17.3 Å². The number of para-hydroxylation sites is 1. The van der Waals surface area contributed by atoms with Crippen molar-refractivity contribution in [1.29, 1.82) is 0 Å². The molecule has 3 aromatic rings. The van der Waals surface area contributed by atoms with Crippen molar-refractivity contribution in [2.75, 3.05) is 33.5 Å². The van der Waals surface area contributed by atoms with Crippen LogP contribution in [-0.4, -0.2) is 58.3 Å². The van der Waals surface area contributed by atoms with Crippen molar-refractivity contribution < 1.29 is 18.4 Å². The normalized spacial score (nSPS) is 17.5. The van der Waals surface area contributed by atoms with E-state index in [0.717, 1.165) is 23.5 Å². The molecule has 1 aliphatic rings. The van der Waals surface area contributed by atoms with Gasteiger partial charge in [-0.25, -0.2) is 9.07 Å². The topological polar surface area (TPSA) is 78.4 Å². The smallest absolute Gasteiger partial charge is 0.229 e.